The van der Waals surface area contributed by atoms with E-state index in [0.29, 0.717) is 5.82 Å². The fourth-order valence-corrected chi connectivity index (χ4v) is 0.615. The molecule has 1 heterocycles. The SMILES string of the molecule is CC.CC(C)(O)c1ncccn1. The highest BCUT2D eigenvalue weighted by molar-refractivity contribution is 4.97. The number of aromatic nitrogens is 2. The van der Waals surface area contributed by atoms with Gasteiger partial charge in [-0.2, -0.15) is 0 Å². The molecule has 0 unspecified atom stereocenters. The highest BCUT2D eigenvalue weighted by atomic mass is 16.3. The standard InChI is InChI=1S/C7H10N2O.C2H6/c1-7(2,10)6-8-4-3-5-9-6;1-2/h3-5,10H,1-2H3;1-2H3. The zero-order chi connectivity index (χ0) is 9.61. The molecule has 0 saturated carbocycles. The summed E-state index contributed by atoms with van der Waals surface area (Å²) in [4.78, 5) is 7.78. The Labute approximate surface area is 73.5 Å². The highest BCUT2D eigenvalue weighted by Gasteiger charge is 2.17. The van der Waals surface area contributed by atoms with Gasteiger partial charge in [0.15, 0.2) is 5.82 Å². The van der Waals surface area contributed by atoms with Gasteiger partial charge in [0.05, 0.1) is 0 Å². The van der Waals surface area contributed by atoms with Crippen LogP contribution in [0, 0.1) is 0 Å². The first-order chi connectivity index (χ1) is 5.61. The zero-order valence-corrected chi connectivity index (χ0v) is 8.07. The molecular weight excluding hydrogens is 152 g/mol. The van der Waals surface area contributed by atoms with Crippen molar-refractivity contribution in [2.45, 2.75) is 33.3 Å². The predicted octanol–water partition coefficient (Wildman–Crippen LogP) is 1.73. The molecule has 0 radical (unpaired) electrons. The Morgan fingerprint density at radius 3 is 1.83 bits per heavy atom. The summed E-state index contributed by atoms with van der Waals surface area (Å²) in [6.07, 6.45) is 3.22. The molecule has 0 atom stereocenters. The van der Waals surface area contributed by atoms with Crippen molar-refractivity contribution in [2.24, 2.45) is 0 Å². The molecule has 0 spiro atoms. The second-order valence-corrected chi connectivity index (χ2v) is 2.63. The summed E-state index contributed by atoms with van der Waals surface area (Å²) in [7, 11) is 0. The maximum Gasteiger partial charge on any atom is 0.159 e. The molecule has 1 aromatic rings. The fraction of sp³-hybridized carbons (Fsp3) is 0.556. The van der Waals surface area contributed by atoms with E-state index < -0.39 is 5.60 Å². The van der Waals surface area contributed by atoms with Crippen LogP contribution >= 0.6 is 0 Å². The van der Waals surface area contributed by atoms with E-state index in [4.69, 9.17) is 0 Å². The van der Waals surface area contributed by atoms with E-state index in [0.717, 1.165) is 0 Å². The maximum atomic E-state index is 9.36. The van der Waals surface area contributed by atoms with Gasteiger partial charge in [0.2, 0.25) is 0 Å². The molecule has 3 heteroatoms. The first-order valence-electron chi connectivity index (χ1n) is 4.10. The minimum atomic E-state index is -0.929. The molecule has 1 rings (SSSR count). The van der Waals surface area contributed by atoms with E-state index in [1.807, 2.05) is 13.8 Å². The topological polar surface area (TPSA) is 46.0 Å². The fourth-order valence-electron chi connectivity index (χ4n) is 0.615. The van der Waals surface area contributed by atoms with Crippen molar-refractivity contribution in [3.8, 4) is 0 Å². The number of hydrogen-bond acceptors (Lipinski definition) is 3. The Balaban J connectivity index is 0.000000561. The molecule has 0 fully saturated rings. The van der Waals surface area contributed by atoms with E-state index in [2.05, 4.69) is 9.97 Å². The molecule has 68 valence electrons. The second-order valence-electron chi connectivity index (χ2n) is 2.63. The van der Waals surface area contributed by atoms with E-state index in [9.17, 15) is 5.11 Å². The van der Waals surface area contributed by atoms with Gasteiger partial charge in [-0.25, -0.2) is 9.97 Å². The third kappa shape index (κ3) is 3.44. The van der Waals surface area contributed by atoms with Gasteiger partial charge in [-0.15, -0.1) is 0 Å². The van der Waals surface area contributed by atoms with Crippen LogP contribution in [0.1, 0.15) is 33.5 Å². The van der Waals surface area contributed by atoms with Crippen LogP contribution < -0.4 is 0 Å². The first kappa shape index (κ1) is 11.0. The molecule has 12 heavy (non-hydrogen) atoms. The van der Waals surface area contributed by atoms with Crippen LogP contribution in [0.15, 0.2) is 18.5 Å². The van der Waals surface area contributed by atoms with Gasteiger partial charge in [0.1, 0.15) is 5.60 Å². The van der Waals surface area contributed by atoms with Crippen molar-refractivity contribution in [1.29, 1.82) is 0 Å². The van der Waals surface area contributed by atoms with Crippen LogP contribution in [0.3, 0.4) is 0 Å². The molecule has 0 aliphatic rings. The van der Waals surface area contributed by atoms with Gasteiger partial charge in [0.25, 0.3) is 0 Å². The van der Waals surface area contributed by atoms with Crippen LogP contribution in [0.2, 0.25) is 0 Å². The van der Waals surface area contributed by atoms with Crippen molar-refractivity contribution in [3.63, 3.8) is 0 Å². The molecular formula is C9H16N2O. The summed E-state index contributed by atoms with van der Waals surface area (Å²) >= 11 is 0. The van der Waals surface area contributed by atoms with Crippen LogP contribution in [0.4, 0.5) is 0 Å². The zero-order valence-electron chi connectivity index (χ0n) is 8.07. The van der Waals surface area contributed by atoms with Crippen LogP contribution in [-0.2, 0) is 5.60 Å². The Bertz CT molecular complexity index is 204. The van der Waals surface area contributed by atoms with Gasteiger partial charge in [-0.1, -0.05) is 13.8 Å². The monoisotopic (exact) mass is 168 g/mol. The lowest BCUT2D eigenvalue weighted by Crippen LogP contribution is -2.18. The summed E-state index contributed by atoms with van der Waals surface area (Å²) in [5.74, 6) is 0.454. The summed E-state index contributed by atoms with van der Waals surface area (Å²) < 4.78 is 0. The minimum absolute atomic E-state index is 0.454. The van der Waals surface area contributed by atoms with Crippen LogP contribution in [0.25, 0.3) is 0 Å². The Morgan fingerprint density at radius 2 is 1.58 bits per heavy atom. The molecule has 0 aliphatic carbocycles. The molecule has 0 saturated heterocycles. The third-order valence-corrected chi connectivity index (χ3v) is 1.11. The summed E-state index contributed by atoms with van der Waals surface area (Å²) in [5.41, 5.74) is -0.929. The lowest BCUT2D eigenvalue weighted by molar-refractivity contribution is 0.0687. The first-order valence-corrected chi connectivity index (χ1v) is 4.10. The summed E-state index contributed by atoms with van der Waals surface area (Å²) in [6, 6.07) is 1.72. The minimum Gasteiger partial charge on any atom is -0.382 e. The molecule has 0 amide bonds. The number of aliphatic hydroxyl groups is 1. The Kier molecular flexibility index (Phi) is 4.44. The van der Waals surface area contributed by atoms with Crippen molar-refractivity contribution in [1.82, 2.24) is 9.97 Å². The maximum absolute atomic E-state index is 9.36. The van der Waals surface area contributed by atoms with Gasteiger partial charge in [0, 0.05) is 12.4 Å². The van der Waals surface area contributed by atoms with E-state index in [-0.39, 0.29) is 0 Å². The highest BCUT2D eigenvalue weighted by Crippen LogP contribution is 2.12. The molecule has 1 aromatic heterocycles. The van der Waals surface area contributed by atoms with E-state index >= 15 is 0 Å². The lowest BCUT2D eigenvalue weighted by Gasteiger charge is -2.13. The Hall–Kier alpha value is -0.960. The van der Waals surface area contributed by atoms with Gasteiger partial charge in [-0.3, -0.25) is 0 Å². The third-order valence-electron chi connectivity index (χ3n) is 1.11. The number of hydrogen-bond donors (Lipinski definition) is 1. The molecule has 0 aromatic carbocycles. The van der Waals surface area contributed by atoms with Gasteiger partial charge < -0.3 is 5.11 Å². The van der Waals surface area contributed by atoms with Crippen molar-refractivity contribution >= 4 is 0 Å². The van der Waals surface area contributed by atoms with Gasteiger partial charge >= 0.3 is 0 Å². The lowest BCUT2D eigenvalue weighted by atomic mass is 10.1. The van der Waals surface area contributed by atoms with Crippen LogP contribution in [-0.4, -0.2) is 15.1 Å². The molecule has 3 nitrogen and oxygen atoms in total. The number of rotatable bonds is 1. The predicted molar refractivity (Wildman–Crippen MR) is 48.6 cm³/mol. The van der Waals surface area contributed by atoms with Gasteiger partial charge in [-0.05, 0) is 19.9 Å². The Morgan fingerprint density at radius 1 is 1.17 bits per heavy atom. The largest absolute Gasteiger partial charge is 0.382 e. The van der Waals surface area contributed by atoms with Crippen molar-refractivity contribution in [2.75, 3.05) is 0 Å². The van der Waals surface area contributed by atoms with Crippen molar-refractivity contribution < 1.29 is 5.11 Å². The molecule has 1 N–H and O–H groups in total. The summed E-state index contributed by atoms with van der Waals surface area (Å²) in [6.45, 7) is 7.31. The normalized spacial score (nSPS) is 10.1. The molecule has 0 bridgehead atoms. The molecule has 0 aliphatic heterocycles. The second kappa shape index (κ2) is 4.83. The average molecular weight is 168 g/mol. The van der Waals surface area contributed by atoms with E-state index in [1.165, 1.54) is 0 Å². The average Bonchev–Trinajstić information content (AvgIpc) is 2.08. The van der Waals surface area contributed by atoms with Crippen LogP contribution in [0.5, 0.6) is 0 Å². The summed E-state index contributed by atoms with van der Waals surface area (Å²) in [5, 5.41) is 9.36. The van der Waals surface area contributed by atoms with Crippen molar-refractivity contribution in [3.05, 3.63) is 24.3 Å². The quantitative estimate of drug-likeness (QED) is 0.694. The van der Waals surface area contributed by atoms with E-state index in [1.54, 1.807) is 32.3 Å². The smallest absolute Gasteiger partial charge is 0.159 e. The number of nitrogens with zero attached hydrogens (tertiary/aromatic N) is 2.